The summed E-state index contributed by atoms with van der Waals surface area (Å²) in [6, 6.07) is 11.9. The highest BCUT2D eigenvalue weighted by Gasteiger charge is 2.33. The van der Waals surface area contributed by atoms with Crippen molar-refractivity contribution in [1.82, 2.24) is 0 Å². The molecule has 0 unspecified atom stereocenters. The van der Waals surface area contributed by atoms with Crippen LogP contribution in [0.4, 0.5) is 5.69 Å². The number of carbonyl (C=O) groups excluding carboxylic acids is 2. The van der Waals surface area contributed by atoms with Crippen molar-refractivity contribution in [2.75, 3.05) is 17.2 Å². The molecule has 0 N–H and O–H groups in total. The van der Waals surface area contributed by atoms with Gasteiger partial charge in [0.15, 0.2) is 12.4 Å². The Hall–Kier alpha value is -2.67. The van der Waals surface area contributed by atoms with E-state index >= 15 is 0 Å². The molecule has 0 aromatic heterocycles. The lowest BCUT2D eigenvalue weighted by atomic mass is 10.1. The molecular weight excluding hydrogens is 390 g/mol. The van der Waals surface area contributed by atoms with Crippen molar-refractivity contribution in [1.29, 1.82) is 0 Å². The van der Waals surface area contributed by atoms with E-state index in [1.807, 2.05) is 19.1 Å². The number of rotatable bonds is 7. The second-order valence-electron chi connectivity index (χ2n) is 7.40. The Kier molecular flexibility index (Phi) is 6.07. The van der Waals surface area contributed by atoms with E-state index in [9.17, 15) is 18.0 Å². The van der Waals surface area contributed by atoms with E-state index in [2.05, 4.69) is 6.92 Å². The van der Waals surface area contributed by atoms with Crippen LogP contribution in [0.25, 0.3) is 0 Å². The topological polar surface area (TPSA) is 80.8 Å². The summed E-state index contributed by atoms with van der Waals surface area (Å²) in [5.74, 6) is -0.867. The van der Waals surface area contributed by atoms with Gasteiger partial charge in [0.25, 0.3) is 0 Å². The molecule has 0 saturated heterocycles. The number of sulfonamides is 1. The van der Waals surface area contributed by atoms with Crippen molar-refractivity contribution >= 4 is 27.5 Å². The van der Waals surface area contributed by atoms with Crippen molar-refractivity contribution < 1.29 is 22.7 Å². The van der Waals surface area contributed by atoms with Crippen molar-refractivity contribution in [3.8, 4) is 0 Å². The van der Waals surface area contributed by atoms with E-state index in [1.165, 1.54) is 16.6 Å². The summed E-state index contributed by atoms with van der Waals surface area (Å²) in [7, 11) is -3.38. The highest BCUT2D eigenvalue weighted by molar-refractivity contribution is 7.92. The molecule has 7 heteroatoms. The molecule has 1 aliphatic rings. The van der Waals surface area contributed by atoms with Crippen LogP contribution in [0.3, 0.4) is 0 Å². The third-order valence-corrected chi connectivity index (χ3v) is 6.25. The summed E-state index contributed by atoms with van der Waals surface area (Å²) in [6.07, 6.45) is 3.68. The molecule has 2 aromatic carbocycles. The number of nitrogens with zero attached hydrogens (tertiary/aromatic N) is 1. The van der Waals surface area contributed by atoms with Crippen molar-refractivity contribution in [3.63, 3.8) is 0 Å². The number of hydrogen-bond acceptors (Lipinski definition) is 5. The summed E-state index contributed by atoms with van der Waals surface area (Å²) in [5, 5.41) is 0. The van der Waals surface area contributed by atoms with Crippen molar-refractivity contribution in [2.45, 2.75) is 39.2 Å². The number of ketones is 1. The number of Topliss-reactive ketones (excluding diaryl/α,β-unsaturated/α-hetero) is 1. The molecule has 1 aliphatic heterocycles. The average molecular weight is 416 g/mol. The number of benzene rings is 2. The molecule has 1 atom stereocenters. The first-order chi connectivity index (χ1) is 13.7. The van der Waals surface area contributed by atoms with Gasteiger partial charge < -0.3 is 4.74 Å². The van der Waals surface area contributed by atoms with Gasteiger partial charge in [-0.15, -0.1) is 0 Å². The van der Waals surface area contributed by atoms with Crippen LogP contribution >= 0.6 is 0 Å². The van der Waals surface area contributed by atoms with Crippen molar-refractivity contribution in [3.05, 3.63) is 64.7 Å². The van der Waals surface area contributed by atoms with E-state index in [0.29, 0.717) is 23.2 Å². The van der Waals surface area contributed by atoms with Crippen molar-refractivity contribution in [2.24, 2.45) is 0 Å². The average Bonchev–Trinajstić information content (AvgIpc) is 3.01. The van der Waals surface area contributed by atoms with Gasteiger partial charge in [-0.25, -0.2) is 13.2 Å². The third-order valence-electron chi connectivity index (χ3n) is 4.97. The zero-order chi connectivity index (χ0) is 21.2. The van der Waals surface area contributed by atoms with E-state index in [4.69, 9.17) is 4.74 Å². The maximum Gasteiger partial charge on any atom is 0.338 e. The Bertz CT molecular complexity index is 1030. The lowest BCUT2D eigenvalue weighted by molar-refractivity contribution is 0.0474. The summed E-state index contributed by atoms with van der Waals surface area (Å²) >= 11 is 0. The SMILES string of the molecule is CCCc1ccc(C(=O)COC(=O)c2ccc3c(c2)C[C@H](C)N3S(C)(=O)=O)cc1. The maximum absolute atomic E-state index is 12.4. The normalized spacial score (nSPS) is 15.8. The number of hydrogen-bond donors (Lipinski definition) is 0. The molecule has 3 rings (SSSR count). The Morgan fingerprint density at radius 1 is 1.10 bits per heavy atom. The highest BCUT2D eigenvalue weighted by atomic mass is 32.2. The quantitative estimate of drug-likeness (QED) is 0.511. The Morgan fingerprint density at radius 2 is 1.76 bits per heavy atom. The van der Waals surface area contributed by atoms with Gasteiger partial charge in [-0.2, -0.15) is 0 Å². The maximum atomic E-state index is 12.4. The van der Waals surface area contributed by atoms with Gasteiger partial charge in [-0.05, 0) is 49.1 Å². The van der Waals surface area contributed by atoms with Gasteiger partial charge in [0.05, 0.1) is 17.5 Å². The third kappa shape index (κ3) is 4.67. The largest absolute Gasteiger partial charge is 0.454 e. The molecule has 0 aliphatic carbocycles. The fourth-order valence-corrected chi connectivity index (χ4v) is 4.94. The molecule has 0 fully saturated rings. The van der Waals surface area contributed by atoms with Gasteiger partial charge in [0.1, 0.15) is 0 Å². The predicted molar refractivity (Wildman–Crippen MR) is 112 cm³/mol. The Morgan fingerprint density at radius 3 is 2.38 bits per heavy atom. The van der Waals surface area contributed by atoms with E-state index in [-0.39, 0.29) is 18.4 Å². The van der Waals surface area contributed by atoms with E-state index < -0.39 is 16.0 Å². The van der Waals surface area contributed by atoms with Crippen LogP contribution in [0.15, 0.2) is 42.5 Å². The van der Waals surface area contributed by atoms with Crippen LogP contribution in [0.2, 0.25) is 0 Å². The number of esters is 1. The smallest absolute Gasteiger partial charge is 0.338 e. The van der Waals surface area contributed by atoms with Crippen LogP contribution in [0.5, 0.6) is 0 Å². The van der Waals surface area contributed by atoms with Gasteiger partial charge in [-0.3, -0.25) is 9.10 Å². The summed E-state index contributed by atoms with van der Waals surface area (Å²) in [6.45, 7) is 3.58. The first-order valence-corrected chi connectivity index (χ1v) is 11.5. The van der Waals surface area contributed by atoms with Gasteiger partial charge in [-0.1, -0.05) is 37.6 Å². The van der Waals surface area contributed by atoms with Gasteiger partial charge >= 0.3 is 5.97 Å². The molecule has 0 radical (unpaired) electrons. The fourth-order valence-electron chi connectivity index (χ4n) is 3.68. The summed E-state index contributed by atoms with van der Waals surface area (Å²) in [4.78, 5) is 24.7. The molecule has 29 heavy (non-hydrogen) atoms. The van der Waals surface area contributed by atoms with Crippen LogP contribution in [0.1, 0.15) is 52.1 Å². The molecule has 6 nitrogen and oxygen atoms in total. The fraction of sp³-hybridized carbons (Fsp3) is 0.364. The highest BCUT2D eigenvalue weighted by Crippen LogP contribution is 2.34. The van der Waals surface area contributed by atoms with Crippen LogP contribution in [-0.2, 0) is 27.6 Å². The Balaban J connectivity index is 1.66. The minimum Gasteiger partial charge on any atom is -0.454 e. The number of fused-ring (bicyclic) bond motifs is 1. The molecule has 2 aromatic rings. The molecule has 0 bridgehead atoms. The van der Waals surface area contributed by atoms with Gasteiger partial charge in [0, 0.05) is 11.6 Å². The van der Waals surface area contributed by atoms with Crippen LogP contribution in [-0.4, -0.2) is 39.1 Å². The van der Waals surface area contributed by atoms with Crippen LogP contribution < -0.4 is 4.31 Å². The second kappa shape index (κ2) is 8.37. The number of carbonyl (C=O) groups is 2. The molecule has 0 amide bonds. The minimum absolute atomic E-state index is 0.205. The number of aryl methyl sites for hydroxylation is 1. The lowest BCUT2D eigenvalue weighted by Gasteiger charge is -2.21. The second-order valence-corrected chi connectivity index (χ2v) is 9.26. The predicted octanol–water partition coefficient (Wildman–Crippen LogP) is 3.39. The Labute approximate surface area is 171 Å². The van der Waals surface area contributed by atoms with Crippen LogP contribution in [0, 0.1) is 0 Å². The number of ether oxygens (including phenoxy) is 1. The molecule has 154 valence electrons. The molecule has 0 spiro atoms. The van der Waals surface area contributed by atoms with E-state index in [0.717, 1.165) is 24.0 Å². The number of anilines is 1. The summed E-state index contributed by atoms with van der Waals surface area (Å²) < 4.78 is 30.5. The first kappa shape index (κ1) is 21.0. The monoisotopic (exact) mass is 415 g/mol. The molecular formula is C22H25NO5S. The zero-order valence-corrected chi connectivity index (χ0v) is 17.7. The zero-order valence-electron chi connectivity index (χ0n) is 16.8. The lowest BCUT2D eigenvalue weighted by Crippen LogP contribution is -2.34. The molecule has 1 heterocycles. The van der Waals surface area contributed by atoms with Gasteiger partial charge in [0.2, 0.25) is 10.0 Å². The summed E-state index contributed by atoms with van der Waals surface area (Å²) in [5.41, 5.74) is 3.33. The minimum atomic E-state index is -3.38. The standard InChI is InChI=1S/C22H25NO5S/c1-4-5-16-6-8-17(9-7-16)21(24)14-28-22(25)18-10-11-20-19(13-18)12-15(2)23(20)29(3,26)27/h6-11,13,15H,4-5,12,14H2,1-3H3/t15-/m0/s1. The first-order valence-electron chi connectivity index (χ1n) is 9.62. The molecule has 0 saturated carbocycles. The van der Waals surface area contributed by atoms with E-state index in [1.54, 1.807) is 24.3 Å².